The minimum absolute atomic E-state index is 0.486. The van der Waals surface area contributed by atoms with Crippen molar-refractivity contribution >= 4 is 11.9 Å². The molecule has 0 saturated carbocycles. The molecule has 0 aromatic heterocycles. The summed E-state index contributed by atoms with van der Waals surface area (Å²) in [4.78, 5) is 22.1. The molecule has 0 heterocycles. The van der Waals surface area contributed by atoms with E-state index in [0.717, 1.165) is 7.11 Å². The third kappa shape index (κ3) is 13.8. The molecule has 0 rings (SSSR count). The average molecular weight is 354 g/mol. The number of carbonyl (C=O) groups is 2. The number of hydrogen-bond acceptors (Lipinski definition) is 5. The molecule has 0 saturated heterocycles. The summed E-state index contributed by atoms with van der Waals surface area (Å²) in [5, 5.41) is 0. The van der Waals surface area contributed by atoms with Crippen LogP contribution in [0.25, 0.3) is 0 Å². The lowest BCUT2D eigenvalue weighted by molar-refractivity contribution is -0.164. The lowest BCUT2D eigenvalue weighted by Crippen LogP contribution is -2.28. The monoisotopic (exact) mass is 354 g/mol. The number of methoxy groups -OCH3 is 1. The molecule has 11 heteroatoms. The first-order valence-electron chi connectivity index (χ1n) is 6.40. The number of carbonyl (C=O) groups excluding carboxylic acids is 2. The van der Waals surface area contributed by atoms with Gasteiger partial charge in [0.15, 0.2) is 0 Å². The first-order chi connectivity index (χ1) is 10.4. The quantitative estimate of drug-likeness (QED) is 0.471. The van der Waals surface area contributed by atoms with Gasteiger partial charge in [-0.25, -0.2) is 0 Å². The molecule has 0 unspecified atom stereocenters. The van der Waals surface area contributed by atoms with Crippen molar-refractivity contribution in [2.75, 3.05) is 20.3 Å². The van der Waals surface area contributed by atoms with E-state index < -0.39 is 69.3 Å². The van der Waals surface area contributed by atoms with Crippen molar-refractivity contribution in [3.05, 3.63) is 0 Å². The molecule has 0 aliphatic heterocycles. The van der Waals surface area contributed by atoms with Crippen molar-refractivity contribution in [1.82, 2.24) is 0 Å². The van der Waals surface area contributed by atoms with Crippen LogP contribution in [0.3, 0.4) is 0 Å². The van der Waals surface area contributed by atoms with Gasteiger partial charge in [-0.2, -0.15) is 26.3 Å². The Kier molecular flexibility index (Phi) is 8.95. The molecular formula is C12H16F6O5. The Bertz CT molecular complexity index is 345. The maximum Gasteiger partial charge on any atom is 0.389 e. The molecule has 0 aliphatic rings. The number of alkyl halides is 6. The van der Waals surface area contributed by atoms with E-state index in [2.05, 4.69) is 9.47 Å². The first-order valence-corrected chi connectivity index (χ1v) is 6.40. The van der Waals surface area contributed by atoms with Crippen molar-refractivity contribution in [3.63, 3.8) is 0 Å². The normalized spacial score (nSPS) is 12.3. The lowest BCUT2D eigenvalue weighted by Gasteiger charge is -2.16. The second-order valence-corrected chi connectivity index (χ2v) is 4.45. The highest BCUT2D eigenvalue weighted by molar-refractivity contribution is 5.69. The fourth-order valence-electron chi connectivity index (χ4n) is 1.19. The first kappa shape index (κ1) is 21.5. The molecule has 0 amide bonds. The van der Waals surface area contributed by atoms with E-state index in [1.54, 1.807) is 0 Å². The second-order valence-electron chi connectivity index (χ2n) is 4.45. The van der Waals surface area contributed by atoms with Crippen molar-refractivity contribution < 1.29 is 50.1 Å². The lowest BCUT2D eigenvalue weighted by atomic mass is 10.3. The van der Waals surface area contributed by atoms with E-state index in [1.165, 1.54) is 0 Å². The van der Waals surface area contributed by atoms with E-state index >= 15 is 0 Å². The summed E-state index contributed by atoms with van der Waals surface area (Å²) in [5.41, 5.74) is 0. The number of hydrogen-bond donors (Lipinski definition) is 0. The molecule has 0 aromatic carbocycles. The third-order valence-electron chi connectivity index (χ3n) is 2.42. The molecule has 0 aliphatic carbocycles. The standard InChI is InChI=1S/C12H16F6O5/c1-21-8(6-22-9(19)2-4-11(13,14)15)7-23-10(20)3-5-12(16,17)18/h8H,2-7H2,1H3. The molecule has 0 atom stereocenters. The Hall–Kier alpha value is -1.52. The number of esters is 2. The van der Waals surface area contributed by atoms with Gasteiger partial charge in [0.25, 0.3) is 0 Å². The zero-order chi connectivity index (χ0) is 18.1. The van der Waals surface area contributed by atoms with E-state index in [4.69, 9.17) is 4.74 Å². The number of rotatable bonds is 9. The fraction of sp³-hybridized carbons (Fsp3) is 0.833. The molecule has 0 radical (unpaired) electrons. The van der Waals surface area contributed by atoms with Crippen molar-refractivity contribution in [2.45, 2.75) is 44.1 Å². The van der Waals surface area contributed by atoms with Gasteiger partial charge in [0.1, 0.15) is 19.3 Å². The summed E-state index contributed by atoms with van der Waals surface area (Å²) in [7, 11) is 1.15. The van der Waals surface area contributed by atoms with Crippen LogP contribution in [0.4, 0.5) is 26.3 Å². The zero-order valence-corrected chi connectivity index (χ0v) is 12.1. The summed E-state index contributed by atoms with van der Waals surface area (Å²) < 4.78 is 85.0. The van der Waals surface area contributed by atoms with Crippen molar-refractivity contribution in [1.29, 1.82) is 0 Å². The molecule has 5 nitrogen and oxygen atoms in total. The summed E-state index contributed by atoms with van der Waals surface area (Å²) in [6, 6.07) is 0. The highest BCUT2D eigenvalue weighted by Gasteiger charge is 2.29. The van der Waals surface area contributed by atoms with Gasteiger partial charge in [-0.1, -0.05) is 0 Å². The van der Waals surface area contributed by atoms with Gasteiger partial charge in [0.2, 0.25) is 0 Å². The maximum atomic E-state index is 11.9. The Balaban J connectivity index is 3.98. The van der Waals surface area contributed by atoms with Crippen LogP contribution < -0.4 is 0 Å². The van der Waals surface area contributed by atoms with Crippen LogP contribution in [-0.4, -0.2) is 50.7 Å². The molecule has 0 bridgehead atoms. The smallest absolute Gasteiger partial charge is 0.389 e. The van der Waals surface area contributed by atoms with Crippen LogP contribution in [0.2, 0.25) is 0 Å². The molecule has 0 aromatic rings. The second kappa shape index (κ2) is 9.58. The predicted octanol–water partition coefficient (Wildman–Crippen LogP) is 2.77. The van der Waals surface area contributed by atoms with Gasteiger partial charge in [-0.3, -0.25) is 9.59 Å². The molecule has 0 fully saturated rings. The van der Waals surface area contributed by atoms with Crippen LogP contribution in [0.1, 0.15) is 25.7 Å². The average Bonchev–Trinajstić information content (AvgIpc) is 2.41. The van der Waals surface area contributed by atoms with Crippen LogP contribution in [0.5, 0.6) is 0 Å². The molecular weight excluding hydrogens is 338 g/mol. The Labute approximate surface area is 127 Å². The molecule has 136 valence electrons. The van der Waals surface area contributed by atoms with Crippen LogP contribution in [0, 0.1) is 0 Å². The fourth-order valence-corrected chi connectivity index (χ4v) is 1.19. The largest absolute Gasteiger partial charge is 0.463 e. The van der Waals surface area contributed by atoms with Gasteiger partial charge in [-0.15, -0.1) is 0 Å². The van der Waals surface area contributed by atoms with E-state index in [0.29, 0.717) is 0 Å². The molecule has 23 heavy (non-hydrogen) atoms. The predicted molar refractivity (Wildman–Crippen MR) is 63.3 cm³/mol. The molecule has 0 N–H and O–H groups in total. The van der Waals surface area contributed by atoms with Gasteiger partial charge in [0.05, 0.1) is 25.7 Å². The summed E-state index contributed by atoms with van der Waals surface area (Å²) in [6.45, 7) is -0.973. The van der Waals surface area contributed by atoms with Crippen LogP contribution >= 0.6 is 0 Å². The van der Waals surface area contributed by atoms with Crippen LogP contribution in [-0.2, 0) is 23.8 Å². The third-order valence-corrected chi connectivity index (χ3v) is 2.42. The minimum Gasteiger partial charge on any atom is -0.463 e. The van der Waals surface area contributed by atoms with Gasteiger partial charge in [-0.05, 0) is 0 Å². The van der Waals surface area contributed by atoms with Gasteiger partial charge in [0, 0.05) is 7.11 Å². The minimum atomic E-state index is -4.49. The van der Waals surface area contributed by atoms with E-state index in [1.807, 2.05) is 0 Å². The molecule has 0 spiro atoms. The Morgan fingerprint density at radius 1 is 0.826 bits per heavy atom. The van der Waals surface area contributed by atoms with Crippen molar-refractivity contribution in [2.24, 2.45) is 0 Å². The van der Waals surface area contributed by atoms with Gasteiger partial charge >= 0.3 is 24.3 Å². The Morgan fingerprint density at radius 3 is 1.43 bits per heavy atom. The zero-order valence-electron chi connectivity index (χ0n) is 12.1. The van der Waals surface area contributed by atoms with E-state index in [-0.39, 0.29) is 0 Å². The summed E-state index contributed by atoms with van der Waals surface area (Å²) in [6.07, 6.45) is -14.4. The van der Waals surface area contributed by atoms with Crippen LogP contribution in [0.15, 0.2) is 0 Å². The summed E-state index contributed by atoms with van der Waals surface area (Å²) >= 11 is 0. The number of halogens is 6. The SMILES string of the molecule is COC(COC(=O)CCC(F)(F)F)COC(=O)CCC(F)(F)F. The number of ether oxygens (including phenoxy) is 3. The van der Waals surface area contributed by atoms with Crippen molar-refractivity contribution in [3.8, 4) is 0 Å². The van der Waals surface area contributed by atoms with Gasteiger partial charge < -0.3 is 14.2 Å². The highest BCUT2D eigenvalue weighted by atomic mass is 19.4. The summed E-state index contributed by atoms with van der Waals surface area (Å²) in [5.74, 6) is -2.24. The van der Waals surface area contributed by atoms with E-state index in [9.17, 15) is 35.9 Å². The maximum absolute atomic E-state index is 11.9. The Morgan fingerprint density at radius 2 is 1.17 bits per heavy atom. The highest BCUT2D eigenvalue weighted by Crippen LogP contribution is 2.22. The topological polar surface area (TPSA) is 61.8 Å².